The zero-order chi connectivity index (χ0) is 20.0. The molecular formula is C26H22N2O. The van der Waals surface area contributed by atoms with Gasteiger partial charge in [-0.1, -0.05) is 60.7 Å². The van der Waals surface area contributed by atoms with Gasteiger partial charge in [-0.2, -0.15) is 0 Å². The van der Waals surface area contributed by atoms with Crippen molar-refractivity contribution in [3.05, 3.63) is 107 Å². The second-order valence-electron chi connectivity index (χ2n) is 7.64. The molecule has 142 valence electrons. The van der Waals surface area contributed by atoms with Crippen LogP contribution in [0.15, 0.2) is 85.2 Å². The number of fused-ring (bicyclic) bond motifs is 2. The van der Waals surface area contributed by atoms with Crippen molar-refractivity contribution in [1.82, 2.24) is 9.13 Å². The van der Waals surface area contributed by atoms with E-state index in [-0.39, 0.29) is 5.92 Å². The average Bonchev–Trinajstić information content (AvgIpc) is 3.27. The maximum absolute atomic E-state index is 11.2. The maximum Gasteiger partial charge on any atom is 0.150 e. The summed E-state index contributed by atoms with van der Waals surface area (Å²) in [6.45, 7) is 0. The Labute approximate surface area is 169 Å². The van der Waals surface area contributed by atoms with Crippen molar-refractivity contribution < 1.29 is 4.79 Å². The lowest BCUT2D eigenvalue weighted by Crippen LogP contribution is -2.03. The molecule has 3 aromatic carbocycles. The SMILES string of the molecule is Cn1cc(C(c2ccc(C=O)cc2)c2cn(C)c3ccccc23)c2ccccc21. The number of hydrogen-bond acceptors (Lipinski definition) is 1. The molecule has 0 saturated heterocycles. The monoisotopic (exact) mass is 378 g/mol. The second-order valence-corrected chi connectivity index (χ2v) is 7.64. The first-order valence-corrected chi connectivity index (χ1v) is 9.80. The lowest BCUT2D eigenvalue weighted by Gasteiger charge is -2.17. The summed E-state index contributed by atoms with van der Waals surface area (Å²) in [6.07, 6.45) is 5.38. The van der Waals surface area contributed by atoms with Crippen molar-refractivity contribution in [1.29, 1.82) is 0 Å². The standard InChI is InChI=1S/C26H22N2O/c1-27-15-22(20-7-3-5-9-24(20)27)26(19-13-11-18(17-29)12-14-19)23-16-28(2)25-10-6-4-8-21(23)25/h3-17,26H,1-2H3. The van der Waals surface area contributed by atoms with Crippen molar-refractivity contribution in [2.75, 3.05) is 0 Å². The van der Waals surface area contributed by atoms with Crippen molar-refractivity contribution in [3.63, 3.8) is 0 Å². The molecule has 0 N–H and O–H groups in total. The van der Waals surface area contributed by atoms with E-state index in [2.05, 4.69) is 96.3 Å². The van der Waals surface area contributed by atoms with Gasteiger partial charge in [0.2, 0.25) is 0 Å². The molecule has 29 heavy (non-hydrogen) atoms. The van der Waals surface area contributed by atoms with E-state index in [0.717, 1.165) is 6.29 Å². The smallest absolute Gasteiger partial charge is 0.150 e. The highest BCUT2D eigenvalue weighted by atomic mass is 16.1. The van der Waals surface area contributed by atoms with Gasteiger partial charge in [-0.25, -0.2) is 0 Å². The van der Waals surface area contributed by atoms with E-state index in [9.17, 15) is 4.79 Å². The van der Waals surface area contributed by atoms with Gasteiger partial charge in [-0.15, -0.1) is 0 Å². The summed E-state index contributed by atoms with van der Waals surface area (Å²) in [5.41, 5.74) is 6.87. The van der Waals surface area contributed by atoms with Crippen molar-refractivity contribution >= 4 is 28.1 Å². The van der Waals surface area contributed by atoms with Crippen molar-refractivity contribution in [2.24, 2.45) is 14.1 Å². The minimum atomic E-state index is 0.0768. The van der Waals surface area contributed by atoms with Crippen molar-refractivity contribution in [2.45, 2.75) is 5.92 Å². The topological polar surface area (TPSA) is 26.9 Å². The Hall–Kier alpha value is -3.59. The molecule has 2 heterocycles. The molecule has 0 aliphatic heterocycles. The zero-order valence-electron chi connectivity index (χ0n) is 16.5. The Balaban J connectivity index is 1.82. The Morgan fingerprint density at radius 1 is 0.690 bits per heavy atom. The van der Waals surface area contributed by atoms with Crippen LogP contribution in [0, 0.1) is 0 Å². The Kier molecular flexibility index (Phi) is 4.09. The van der Waals surface area contributed by atoms with Gasteiger partial charge in [-0.3, -0.25) is 4.79 Å². The lowest BCUT2D eigenvalue weighted by molar-refractivity contribution is 0.112. The summed E-state index contributed by atoms with van der Waals surface area (Å²) in [5, 5.41) is 2.51. The zero-order valence-corrected chi connectivity index (χ0v) is 16.5. The van der Waals surface area contributed by atoms with Gasteiger partial charge in [0.25, 0.3) is 0 Å². The lowest BCUT2D eigenvalue weighted by atomic mass is 9.84. The fourth-order valence-corrected chi connectivity index (χ4v) is 4.50. The van der Waals surface area contributed by atoms with Crippen LogP contribution in [-0.4, -0.2) is 15.4 Å². The molecule has 0 radical (unpaired) electrons. The van der Waals surface area contributed by atoms with Crippen LogP contribution in [0.4, 0.5) is 0 Å². The summed E-state index contributed by atoms with van der Waals surface area (Å²) < 4.78 is 4.39. The summed E-state index contributed by atoms with van der Waals surface area (Å²) >= 11 is 0. The van der Waals surface area contributed by atoms with E-state index >= 15 is 0 Å². The Bertz CT molecular complexity index is 1260. The van der Waals surface area contributed by atoms with Crippen LogP contribution in [0.1, 0.15) is 33.0 Å². The van der Waals surface area contributed by atoms with Crippen LogP contribution in [0.2, 0.25) is 0 Å². The number of aldehydes is 1. The number of nitrogens with zero attached hydrogens (tertiary/aromatic N) is 2. The number of rotatable bonds is 4. The fourth-order valence-electron chi connectivity index (χ4n) is 4.50. The molecule has 5 rings (SSSR count). The van der Waals surface area contributed by atoms with Crippen LogP contribution in [-0.2, 0) is 14.1 Å². The first kappa shape index (κ1) is 17.5. The highest BCUT2D eigenvalue weighted by Gasteiger charge is 2.24. The minimum Gasteiger partial charge on any atom is -0.350 e. The molecule has 0 fully saturated rings. The van der Waals surface area contributed by atoms with Gasteiger partial charge in [0.15, 0.2) is 0 Å². The third-order valence-electron chi connectivity index (χ3n) is 5.88. The summed E-state index contributed by atoms with van der Waals surface area (Å²) in [6, 6.07) is 25.1. The second kappa shape index (κ2) is 6.78. The summed E-state index contributed by atoms with van der Waals surface area (Å²) in [4.78, 5) is 11.2. The van der Waals surface area contributed by atoms with E-state index < -0.39 is 0 Å². The molecule has 0 unspecified atom stereocenters. The predicted molar refractivity (Wildman–Crippen MR) is 119 cm³/mol. The molecule has 0 spiro atoms. The number of carbonyl (C=O) groups is 1. The van der Waals surface area contributed by atoms with Gasteiger partial charge in [-0.05, 0) is 28.8 Å². The third kappa shape index (κ3) is 2.78. The van der Waals surface area contributed by atoms with E-state index in [1.54, 1.807) is 0 Å². The van der Waals surface area contributed by atoms with Gasteiger partial charge in [0, 0.05) is 59.8 Å². The van der Waals surface area contributed by atoms with E-state index in [4.69, 9.17) is 0 Å². The third-order valence-corrected chi connectivity index (χ3v) is 5.88. The van der Waals surface area contributed by atoms with E-state index in [1.807, 2.05) is 12.1 Å². The molecule has 0 amide bonds. The van der Waals surface area contributed by atoms with Gasteiger partial charge >= 0.3 is 0 Å². The van der Waals surface area contributed by atoms with E-state index in [1.165, 1.54) is 38.5 Å². The maximum atomic E-state index is 11.2. The first-order chi connectivity index (χ1) is 14.2. The van der Waals surface area contributed by atoms with Crippen LogP contribution in [0.25, 0.3) is 21.8 Å². The molecule has 0 saturated carbocycles. The first-order valence-electron chi connectivity index (χ1n) is 9.80. The van der Waals surface area contributed by atoms with Crippen LogP contribution >= 0.6 is 0 Å². The molecule has 2 aromatic heterocycles. The molecule has 0 bridgehead atoms. The number of aryl methyl sites for hydroxylation is 2. The molecule has 0 aliphatic rings. The Morgan fingerprint density at radius 2 is 1.17 bits per heavy atom. The number of para-hydroxylation sites is 2. The molecule has 0 atom stereocenters. The number of benzene rings is 3. The quantitative estimate of drug-likeness (QED) is 0.371. The van der Waals surface area contributed by atoms with Crippen molar-refractivity contribution in [3.8, 4) is 0 Å². The number of aromatic nitrogens is 2. The summed E-state index contributed by atoms with van der Waals surface area (Å²) in [7, 11) is 4.20. The van der Waals surface area contributed by atoms with Gasteiger partial charge in [0.05, 0.1) is 0 Å². The average molecular weight is 378 g/mol. The number of hydrogen-bond donors (Lipinski definition) is 0. The van der Waals surface area contributed by atoms with Crippen LogP contribution in [0.3, 0.4) is 0 Å². The van der Waals surface area contributed by atoms with Crippen LogP contribution in [0.5, 0.6) is 0 Å². The van der Waals surface area contributed by atoms with E-state index in [0.29, 0.717) is 5.56 Å². The van der Waals surface area contributed by atoms with Gasteiger partial charge < -0.3 is 9.13 Å². The summed E-state index contributed by atoms with van der Waals surface area (Å²) in [5.74, 6) is 0.0768. The molecule has 3 nitrogen and oxygen atoms in total. The molecule has 3 heteroatoms. The number of carbonyl (C=O) groups excluding carboxylic acids is 1. The van der Waals surface area contributed by atoms with Gasteiger partial charge in [0.1, 0.15) is 6.29 Å². The normalized spacial score (nSPS) is 11.6. The Morgan fingerprint density at radius 3 is 1.66 bits per heavy atom. The molecular weight excluding hydrogens is 356 g/mol. The highest BCUT2D eigenvalue weighted by Crippen LogP contribution is 2.40. The highest BCUT2D eigenvalue weighted by molar-refractivity contribution is 5.90. The fraction of sp³-hybridized carbons (Fsp3) is 0.115. The molecule has 0 aliphatic carbocycles. The molecule has 5 aromatic rings. The van der Waals surface area contributed by atoms with Crippen LogP contribution < -0.4 is 0 Å². The minimum absolute atomic E-state index is 0.0768. The largest absolute Gasteiger partial charge is 0.350 e. The predicted octanol–water partition coefficient (Wildman–Crippen LogP) is 5.66.